The molecule has 1 aromatic carbocycles. The van der Waals surface area contributed by atoms with Crippen molar-refractivity contribution in [3.8, 4) is 0 Å². The second-order valence-corrected chi connectivity index (χ2v) is 5.23. The van der Waals surface area contributed by atoms with Crippen LogP contribution in [0.2, 0.25) is 0 Å². The van der Waals surface area contributed by atoms with Crippen LogP contribution in [-0.2, 0) is 29.6 Å². The number of hydrogen-bond acceptors (Lipinski definition) is 4. The summed E-state index contributed by atoms with van der Waals surface area (Å²) in [5, 5.41) is 16.0. The molecule has 0 bridgehead atoms. The highest BCUT2D eigenvalue weighted by Crippen LogP contribution is 2.10. The van der Waals surface area contributed by atoms with E-state index in [2.05, 4.69) is 15.2 Å². The maximum atomic E-state index is 12.0. The number of nitrogens with one attached hydrogen (secondary N) is 1. The molecule has 5 nitrogen and oxygen atoms in total. The van der Waals surface area contributed by atoms with E-state index in [1.165, 1.54) is 0 Å². The van der Waals surface area contributed by atoms with E-state index < -0.39 is 10.8 Å². The van der Waals surface area contributed by atoms with Gasteiger partial charge in [0.25, 0.3) is 0 Å². The summed E-state index contributed by atoms with van der Waals surface area (Å²) in [6.07, 6.45) is 0.745. The summed E-state index contributed by atoms with van der Waals surface area (Å²) in [4.78, 5) is 4.15. The lowest BCUT2D eigenvalue weighted by atomic mass is 10.2. The lowest BCUT2D eigenvalue weighted by molar-refractivity contribution is 0.282. The molecule has 2 rings (SSSR count). The predicted octanol–water partition coefficient (Wildman–Crippen LogP) is 1.17. The third-order valence-electron chi connectivity index (χ3n) is 2.55. The smallest absolute Gasteiger partial charge is 0.239 e. The van der Waals surface area contributed by atoms with Gasteiger partial charge in [-0.1, -0.05) is 31.2 Å². The molecule has 1 aromatic heterocycles. The van der Waals surface area contributed by atoms with Crippen LogP contribution in [0.15, 0.2) is 29.4 Å². The third-order valence-corrected chi connectivity index (χ3v) is 3.74. The number of aryl methyl sites for hydroxylation is 1. The third kappa shape index (κ3) is 3.02. The van der Waals surface area contributed by atoms with E-state index in [4.69, 9.17) is 5.11 Å². The lowest BCUT2D eigenvalue weighted by Gasteiger charge is -2.00. The summed E-state index contributed by atoms with van der Waals surface area (Å²) in [6, 6.07) is 7.36. The number of rotatable bonds is 5. The van der Waals surface area contributed by atoms with E-state index in [0.29, 0.717) is 10.9 Å². The Morgan fingerprint density at radius 1 is 1.28 bits per heavy atom. The van der Waals surface area contributed by atoms with Crippen LogP contribution in [0.5, 0.6) is 0 Å². The molecule has 0 aliphatic heterocycles. The minimum absolute atomic E-state index is 0.0180. The van der Waals surface area contributed by atoms with Gasteiger partial charge >= 0.3 is 0 Å². The van der Waals surface area contributed by atoms with Crippen LogP contribution in [0.1, 0.15) is 23.9 Å². The highest BCUT2D eigenvalue weighted by molar-refractivity contribution is 7.84. The quantitative estimate of drug-likeness (QED) is 0.850. The fraction of sp³-hybridized carbons (Fsp3) is 0.333. The fourth-order valence-electron chi connectivity index (χ4n) is 1.49. The average Bonchev–Trinajstić information content (AvgIpc) is 2.88. The van der Waals surface area contributed by atoms with Crippen molar-refractivity contribution < 1.29 is 9.32 Å². The molecule has 2 aromatic rings. The molecule has 0 aliphatic rings. The van der Waals surface area contributed by atoms with Crippen molar-refractivity contribution in [1.82, 2.24) is 15.2 Å². The van der Waals surface area contributed by atoms with Gasteiger partial charge in [0.1, 0.15) is 5.82 Å². The summed E-state index contributed by atoms with van der Waals surface area (Å²) < 4.78 is 12.0. The van der Waals surface area contributed by atoms with Crippen molar-refractivity contribution in [2.75, 3.05) is 0 Å². The van der Waals surface area contributed by atoms with Gasteiger partial charge in [-0.2, -0.15) is 0 Å². The van der Waals surface area contributed by atoms with Gasteiger partial charge in [0, 0.05) is 6.42 Å². The van der Waals surface area contributed by atoms with Crippen LogP contribution < -0.4 is 0 Å². The molecule has 0 radical (unpaired) electrons. The molecule has 0 saturated carbocycles. The Kier molecular flexibility index (Phi) is 4.22. The number of aromatic amines is 1. The van der Waals surface area contributed by atoms with Crippen molar-refractivity contribution in [3.63, 3.8) is 0 Å². The van der Waals surface area contributed by atoms with Gasteiger partial charge in [-0.05, 0) is 11.1 Å². The van der Waals surface area contributed by atoms with Crippen LogP contribution in [0.25, 0.3) is 0 Å². The number of aliphatic hydroxyl groups excluding tert-OH is 1. The molecule has 0 aliphatic carbocycles. The molecule has 96 valence electrons. The summed E-state index contributed by atoms with van der Waals surface area (Å²) >= 11 is 0. The zero-order valence-electron chi connectivity index (χ0n) is 10.1. The highest BCUT2D eigenvalue weighted by Gasteiger charge is 2.10. The minimum atomic E-state index is -1.24. The predicted molar refractivity (Wildman–Crippen MR) is 68.2 cm³/mol. The van der Waals surface area contributed by atoms with E-state index in [1.807, 2.05) is 31.2 Å². The number of nitrogens with zero attached hydrogens (tertiary/aromatic N) is 2. The number of hydrogen-bond donors (Lipinski definition) is 2. The second-order valence-electron chi connectivity index (χ2n) is 3.88. The van der Waals surface area contributed by atoms with Crippen molar-refractivity contribution in [2.45, 2.75) is 30.9 Å². The molecule has 0 amide bonds. The van der Waals surface area contributed by atoms with Gasteiger partial charge in [-0.25, -0.2) is 4.98 Å². The van der Waals surface area contributed by atoms with Crippen molar-refractivity contribution in [2.24, 2.45) is 0 Å². The molecule has 2 N–H and O–H groups in total. The summed E-state index contributed by atoms with van der Waals surface area (Å²) in [6.45, 7) is 1.98. The van der Waals surface area contributed by atoms with Gasteiger partial charge in [-0.3, -0.25) is 9.31 Å². The first-order valence-electron chi connectivity index (χ1n) is 5.71. The van der Waals surface area contributed by atoms with Crippen LogP contribution in [0.3, 0.4) is 0 Å². The van der Waals surface area contributed by atoms with Gasteiger partial charge < -0.3 is 5.11 Å². The Bertz CT molecular complexity index is 537. The van der Waals surface area contributed by atoms with E-state index in [9.17, 15) is 4.21 Å². The van der Waals surface area contributed by atoms with Gasteiger partial charge in [0.15, 0.2) is 0 Å². The SMILES string of the molecule is CCc1nc(S(=O)Cc2ccc(CO)cc2)n[nH]1. The highest BCUT2D eigenvalue weighted by atomic mass is 32.2. The standard InChI is InChI=1S/C12H15N3O2S/c1-2-11-13-12(15-14-11)18(17)8-10-5-3-9(7-16)4-6-10/h3-6,16H,2,7-8H2,1H3,(H,13,14,15). The Hall–Kier alpha value is -1.53. The van der Waals surface area contributed by atoms with Gasteiger partial charge in [-0.15, -0.1) is 5.10 Å². The normalized spacial score (nSPS) is 12.6. The first-order chi connectivity index (χ1) is 8.72. The average molecular weight is 265 g/mol. The number of benzene rings is 1. The van der Waals surface area contributed by atoms with Crippen LogP contribution >= 0.6 is 0 Å². The number of H-pyrrole nitrogens is 1. The second kappa shape index (κ2) is 5.88. The molecular weight excluding hydrogens is 250 g/mol. The topological polar surface area (TPSA) is 78.9 Å². The lowest BCUT2D eigenvalue weighted by Crippen LogP contribution is -1.99. The number of aromatic nitrogens is 3. The van der Waals surface area contributed by atoms with Crippen molar-refractivity contribution >= 4 is 10.8 Å². The molecular formula is C12H15N3O2S. The Balaban J connectivity index is 2.06. The maximum Gasteiger partial charge on any atom is 0.239 e. The summed E-state index contributed by atoms with van der Waals surface area (Å²) in [5.74, 6) is 1.13. The van der Waals surface area contributed by atoms with E-state index in [-0.39, 0.29) is 6.61 Å². The Morgan fingerprint density at radius 3 is 2.50 bits per heavy atom. The van der Waals surface area contributed by atoms with E-state index in [0.717, 1.165) is 23.4 Å². The summed E-state index contributed by atoms with van der Waals surface area (Å²) in [5.41, 5.74) is 1.78. The van der Waals surface area contributed by atoms with Crippen LogP contribution in [0, 0.1) is 0 Å². The first-order valence-corrected chi connectivity index (χ1v) is 7.03. The Morgan fingerprint density at radius 2 is 1.94 bits per heavy atom. The monoisotopic (exact) mass is 265 g/mol. The van der Waals surface area contributed by atoms with Crippen molar-refractivity contribution in [1.29, 1.82) is 0 Å². The number of aliphatic hydroxyl groups is 1. The minimum Gasteiger partial charge on any atom is -0.392 e. The molecule has 1 atom stereocenters. The zero-order valence-corrected chi connectivity index (χ0v) is 10.9. The van der Waals surface area contributed by atoms with E-state index >= 15 is 0 Å². The molecule has 1 unspecified atom stereocenters. The molecule has 18 heavy (non-hydrogen) atoms. The Labute approximate surface area is 108 Å². The molecule has 6 heteroatoms. The van der Waals surface area contributed by atoms with Gasteiger partial charge in [0.05, 0.1) is 23.2 Å². The van der Waals surface area contributed by atoms with Gasteiger partial charge in [0.2, 0.25) is 5.16 Å². The summed E-state index contributed by atoms with van der Waals surface area (Å²) in [7, 11) is -1.24. The molecule has 0 spiro atoms. The molecule has 1 heterocycles. The molecule has 0 fully saturated rings. The van der Waals surface area contributed by atoms with Crippen LogP contribution in [-0.4, -0.2) is 24.5 Å². The van der Waals surface area contributed by atoms with Crippen molar-refractivity contribution in [3.05, 3.63) is 41.2 Å². The largest absolute Gasteiger partial charge is 0.392 e. The zero-order chi connectivity index (χ0) is 13.0. The molecule has 0 saturated heterocycles. The van der Waals surface area contributed by atoms with Crippen LogP contribution in [0.4, 0.5) is 0 Å². The van der Waals surface area contributed by atoms with E-state index in [1.54, 1.807) is 0 Å². The maximum absolute atomic E-state index is 12.0. The first kappa shape index (κ1) is 12.9. The fourth-order valence-corrected chi connectivity index (χ4v) is 2.48.